The lowest BCUT2D eigenvalue weighted by Crippen LogP contribution is -1.92. The van der Waals surface area contributed by atoms with Crippen molar-refractivity contribution in [1.82, 2.24) is 15.0 Å². The van der Waals surface area contributed by atoms with Crippen LogP contribution in [0.25, 0.3) is 0 Å². The van der Waals surface area contributed by atoms with Gasteiger partial charge in [-0.15, -0.1) is 0 Å². The normalized spacial score (nSPS) is 8.60. The van der Waals surface area contributed by atoms with E-state index < -0.39 is 5.97 Å². The van der Waals surface area contributed by atoms with Crippen molar-refractivity contribution in [3.8, 4) is 0 Å². The molecule has 0 saturated carbocycles. The number of nitrogens with one attached hydrogen (secondary N) is 3. The summed E-state index contributed by atoms with van der Waals surface area (Å²) in [4.78, 5) is 17.6. The molecule has 4 N–H and O–H groups in total. The van der Waals surface area contributed by atoms with E-state index in [1.807, 2.05) is 0 Å². The van der Waals surface area contributed by atoms with Crippen LogP contribution in [0.15, 0.2) is 12.2 Å². The zero-order valence-corrected chi connectivity index (χ0v) is 10.2. The second kappa shape index (κ2) is 6.38. The number of carbonyl (C=O) groups is 1. The van der Waals surface area contributed by atoms with E-state index in [2.05, 4.69) is 21.5 Å². The molecule has 0 radical (unpaired) electrons. The Kier molecular flexibility index (Phi) is 5.90. The summed E-state index contributed by atoms with van der Waals surface area (Å²) in [5, 5.41) is 7.89. The molecule has 0 aromatic carbocycles. The van der Waals surface area contributed by atoms with E-state index in [9.17, 15) is 4.79 Å². The van der Waals surface area contributed by atoms with Gasteiger partial charge < -0.3 is 20.1 Å². The Morgan fingerprint density at radius 2 is 1.33 bits per heavy atom. The van der Waals surface area contributed by atoms with Crippen LogP contribution in [0.4, 0.5) is 0 Å². The number of hydrogen-bond donors (Lipinski definition) is 4. The van der Waals surface area contributed by atoms with Crippen LogP contribution in [0.1, 0.15) is 6.92 Å². The smallest absolute Gasteiger partial charge is 0.330 e. The number of hydrogen-bond acceptors (Lipinski definition) is 4. The Morgan fingerprint density at radius 1 is 1.13 bits per heavy atom. The molecular formula is C7H9N3O2S3. The van der Waals surface area contributed by atoms with E-state index >= 15 is 0 Å². The van der Waals surface area contributed by atoms with Crippen LogP contribution in [0.5, 0.6) is 0 Å². The maximum absolute atomic E-state index is 9.60. The molecule has 0 unspecified atom stereocenters. The topological polar surface area (TPSA) is 84.7 Å². The SMILES string of the molecule is C=C(C)C(=O)O.S=c1[nH]c(=S)[nH]c(=S)[nH]1. The highest BCUT2D eigenvalue weighted by Gasteiger charge is 1.90. The summed E-state index contributed by atoms with van der Waals surface area (Å²) >= 11 is 14.2. The molecule has 0 aliphatic carbocycles. The van der Waals surface area contributed by atoms with Gasteiger partial charge in [-0.3, -0.25) is 0 Å². The van der Waals surface area contributed by atoms with E-state index in [1.165, 1.54) is 6.92 Å². The molecule has 15 heavy (non-hydrogen) atoms. The second-order valence-corrected chi connectivity index (χ2v) is 3.67. The molecule has 82 valence electrons. The van der Waals surface area contributed by atoms with Crippen molar-refractivity contribution in [1.29, 1.82) is 0 Å². The van der Waals surface area contributed by atoms with Gasteiger partial charge in [0, 0.05) is 5.57 Å². The van der Waals surface area contributed by atoms with Gasteiger partial charge in [-0.25, -0.2) is 4.79 Å². The molecule has 0 saturated heterocycles. The lowest BCUT2D eigenvalue weighted by atomic mass is 10.4. The monoisotopic (exact) mass is 263 g/mol. The number of rotatable bonds is 1. The van der Waals surface area contributed by atoms with E-state index in [0.29, 0.717) is 14.3 Å². The molecule has 0 spiro atoms. The van der Waals surface area contributed by atoms with Crippen molar-refractivity contribution in [3.63, 3.8) is 0 Å². The zero-order chi connectivity index (χ0) is 12.0. The molecule has 1 heterocycles. The number of aromatic nitrogens is 3. The number of carboxylic acids is 1. The third-order valence-corrected chi connectivity index (χ3v) is 1.66. The quantitative estimate of drug-likeness (QED) is 0.462. The molecule has 0 bridgehead atoms. The molecule has 0 fully saturated rings. The summed E-state index contributed by atoms with van der Waals surface area (Å²) in [5.41, 5.74) is 0.176. The van der Waals surface area contributed by atoms with Gasteiger partial charge >= 0.3 is 5.97 Å². The number of carboxylic acid groups (broad SMARTS) is 1. The molecule has 0 aliphatic rings. The summed E-state index contributed by atoms with van der Waals surface area (Å²) in [5.74, 6) is -0.935. The Hall–Kier alpha value is -1.12. The van der Waals surface area contributed by atoms with Crippen LogP contribution in [0.3, 0.4) is 0 Å². The van der Waals surface area contributed by atoms with E-state index in [1.54, 1.807) is 0 Å². The fourth-order valence-electron chi connectivity index (χ4n) is 0.403. The molecule has 0 atom stereocenters. The van der Waals surface area contributed by atoms with Crippen LogP contribution in [0, 0.1) is 14.3 Å². The van der Waals surface area contributed by atoms with Gasteiger partial charge in [0.25, 0.3) is 0 Å². The first kappa shape index (κ1) is 13.9. The van der Waals surface area contributed by atoms with Crippen LogP contribution in [-0.2, 0) is 4.79 Å². The summed E-state index contributed by atoms with van der Waals surface area (Å²) in [6.45, 7) is 4.60. The third-order valence-electron chi connectivity index (χ3n) is 1.05. The molecule has 0 amide bonds. The maximum atomic E-state index is 9.60. The van der Waals surface area contributed by atoms with Crippen LogP contribution in [-0.4, -0.2) is 26.0 Å². The van der Waals surface area contributed by atoms with Gasteiger partial charge in [0.2, 0.25) is 0 Å². The average molecular weight is 263 g/mol. The van der Waals surface area contributed by atoms with Crippen molar-refractivity contribution < 1.29 is 9.90 Å². The summed E-state index contributed by atoms with van der Waals surface area (Å²) in [6, 6.07) is 0. The Balaban J connectivity index is 0.000000288. The Bertz CT molecular complexity index is 435. The van der Waals surface area contributed by atoms with Gasteiger partial charge in [0.15, 0.2) is 14.3 Å². The summed E-state index contributed by atoms with van der Waals surface area (Å²) in [7, 11) is 0. The Morgan fingerprint density at radius 3 is 1.47 bits per heavy atom. The maximum Gasteiger partial charge on any atom is 0.330 e. The van der Waals surface area contributed by atoms with E-state index in [4.69, 9.17) is 41.8 Å². The van der Waals surface area contributed by atoms with Gasteiger partial charge in [0.05, 0.1) is 0 Å². The molecule has 1 aromatic rings. The average Bonchev–Trinajstić information content (AvgIpc) is 2.01. The summed E-state index contributed by atoms with van der Waals surface area (Å²) < 4.78 is 1.34. The molecular weight excluding hydrogens is 254 g/mol. The second-order valence-electron chi connectivity index (χ2n) is 2.45. The van der Waals surface area contributed by atoms with Crippen molar-refractivity contribution in [2.75, 3.05) is 0 Å². The standard InChI is InChI=1S/C4H6O2.C3H3N3S3/c1-3(2)4(5)6;7-1-4-2(8)6-3(9)5-1/h1H2,2H3,(H,5,6);(H3,4,5,6,7,8,9). The first-order valence-electron chi connectivity index (χ1n) is 3.64. The minimum absolute atomic E-state index is 0.176. The molecule has 5 nitrogen and oxygen atoms in total. The van der Waals surface area contributed by atoms with Crippen LogP contribution < -0.4 is 0 Å². The molecule has 0 aliphatic heterocycles. The Labute approximate surface area is 101 Å². The fraction of sp³-hybridized carbons (Fsp3) is 0.143. The van der Waals surface area contributed by atoms with Crippen LogP contribution in [0.2, 0.25) is 0 Å². The van der Waals surface area contributed by atoms with Gasteiger partial charge in [-0.2, -0.15) is 0 Å². The van der Waals surface area contributed by atoms with Crippen molar-refractivity contribution in [2.24, 2.45) is 0 Å². The highest BCUT2D eigenvalue weighted by atomic mass is 32.1. The summed E-state index contributed by atoms with van der Waals surface area (Å²) in [6.07, 6.45) is 0. The van der Waals surface area contributed by atoms with Gasteiger partial charge in [-0.1, -0.05) is 6.58 Å². The number of aliphatic carboxylic acids is 1. The van der Waals surface area contributed by atoms with Gasteiger partial charge in [-0.05, 0) is 43.6 Å². The highest BCUT2D eigenvalue weighted by molar-refractivity contribution is 7.72. The lowest BCUT2D eigenvalue weighted by Gasteiger charge is -1.84. The zero-order valence-electron chi connectivity index (χ0n) is 7.79. The van der Waals surface area contributed by atoms with E-state index in [0.717, 1.165) is 0 Å². The minimum Gasteiger partial charge on any atom is -0.478 e. The fourth-order valence-corrected chi connectivity index (χ4v) is 1.21. The molecule has 1 rings (SSSR count). The van der Waals surface area contributed by atoms with Gasteiger partial charge in [0.1, 0.15) is 0 Å². The molecule has 1 aromatic heterocycles. The predicted molar refractivity (Wildman–Crippen MR) is 64.4 cm³/mol. The molecule has 8 heteroatoms. The predicted octanol–water partition coefficient (Wildman–Crippen LogP) is 2.51. The largest absolute Gasteiger partial charge is 0.478 e. The first-order chi connectivity index (χ1) is 6.82. The van der Waals surface area contributed by atoms with Crippen molar-refractivity contribution in [3.05, 3.63) is 26.5 Å². The van der Waals surface area contributed by atoms with Crippen LogP contribution >= 0.6 is 36.7 Å². The lowest BCUT2D eigenvalue weighted by molar-refractivity contribution is -0.132. The van der Waals surface area contributed by atoms with Crippen molar-refractivity contribution >= 4 is 42.6 Å². The first-order valence-corrected chi connectivity index (χ1v) is 4.87. The number of aromatic amines is 3. The number of H-pyrrole nitrogens is 3. The minimum atomic E-state index is -0.935. The highest BCUT2D eigenvalue weighted by Crippen LogP contribution is 1.81. The third kappa shape index (κ3) is 6.89. The van der Waals surface area contributed by atoms with Crippen molar-refractivity contribution in [2.45, 2.75) is 6.92 Å². The van der Waals surface area contributed by atoms with E-state index in [-0.39, 0.29) is 5.57 Å².